The minimum absolute atomic E-state index is 0.0174. The van der Waals surface area contributed by atoms with Crippen LogP contribution in [0, 0.1) is 11.3 Å². The van der Waals surface area contributed by atoms with Gasteiger partial charge in [0, 0.05) is 48.9 Å². The van der Waals surface area contributed by atoms with Crippen LogP contribution in [0.4, 0.5) is 11.5 Å². The number of nitriles is 1. The molecule has 1 amide bonds. The summed E-state index contributed by atoms with van der Waals surface area (Å²) in [5.41, 5.74) is 3.13. The molecule has 1 aromatic heterocycles. The number of hydrogen-bond donors (Lipinski definition) is 0. The fraction of sp³-hybridized carbons (Fsp3) is 0.515. The zero-order valence-electron chi connectivity index (χ0n) is 25.3. The Kier molecular flexibility index (Phi) is 7.95. The van der Waals surface area contributed by atoms with Crippen LogP contribution in [0.5, 0.6) is 6.01 Å². The quantitative estimate of drug-likeness (QED) is 0.365. The second-order valence-electron chi connectivity index (χ2n) is 12.4. The highest BCUT2D eigenvalue weighted by atomic mass is 35.5. The molecule has 0 radical (unpaired) electrons. The van der Waals surface area contributed by atoms with Crippen molar-refractivity contribution < 1.29 is 14.3 Å². The van der Waals surface area contributed by atoms with Crippen molar-refractivity contribution in [2.75, 3.05) is 56.2 Å². The summed E-state index contributed by atoms with van der Waals surface area (Å²) in [4.78, 5) is 31.8. The molecule has 3 fully saturated rings. The highest BCUT2D eigenvalue weighted by Crippen LogP contribution is 2.37. The molecule has 0 aliphatic carbocycles. The van der Waals surface area contributed by atoms with Crippen LogP contribution in [0.15, 0.2) is 36.4 Å². The number of amides is 1. The number of anilines is 2. The van der Waals surface area contributed by atoms with Gasteiger partial charge in [-0.05, 0) is 57.3 Å². The van der Waals surface area contributed by atoms with Gasteiger partial charge in [0.25, 0.3) is 5.91 Å². The summed E-state index contributed by atoms with van der Waals surface area (Å²) in [6.45, 7) is 6.57. The zero-order valence-corrected chi connectivity index (χ0v) is 26.0. The molecular weight excluding hydrogens is 578 g/mol. The van der Waals surface area contributed by atoms with E-state index in [4.69, 9.17) is 31.0 Å². The van der Waals surface area contributed by atoms with Gasteiger partial charge in [-0.1, -0.05) is 35.9 Å². The number of likely N-dealkylation sites (N-methyl/N-ethyl adjacent to an activating group) is 1. The number of carbonyl (C=O) groups is 1. The highest BCUT2D eigenvalue weighted by Gasteiger charge is 2.46. The number of fused-ring (bicyclic) bond motifs is 2. The van der Waals surface area contributed by atoms with E-state index in [0.717, 1.165) is 70.9 Å². The predicted octanol–water partition coefficient (Wildman–Crippen LogP) is 4.04. The summed E-state index contributed by atoms with van der Waals surface area (Å²) in [5, 5.41) is 12.5. The van der Waals surface area contributed by atoms with Gasteiger partial charge in [-0.25, -0.2) is 0 Å². The van der Waals surface area contributed by atoms with Crippen molar-refractivity contribution in [3.8, 4) is 12.1 Å². The van der Waals surface area contributed by atoms with Crippen molar-refractivity contribution in [1.82, 2.24) is 19.8 Å². The second-order valence-corrected chi connectivity index (χ2v) is 12.8. The maximum absolute atomic E-state index is 13.1. The van der Waals surface area contributed by atoms with Crippen LogP contribution in [0.3, 0.4) is 0 Å². The fourth-order valence-electron chi connectivity index (χ4n) is 7.05. The Morgan fingerprint density at radius 2 is 1.93 bits per heavy atom. The number of benzene rings is 2. The SMILES string of the molecule is C[C@@H]1O[C@H]1C(=O)N1CCN(c2nc(OC[C@@H]3CCCN3C)nc3c2CCN(c2cccc4cccc(Cl)c24)C3)C[C@@H]1CC#N. The van der Waals surface area contributed by atoms with Gasteiger partial charge in [0.1, 0.15) is 12.4 Å². The average Bonchev–Trinajstić information content (AvgIpc) is 3.63. The molecule has 5 heterocycles. The van der Waals surface area contributed by atoms with E-state index in [9.17, 15) is 10.1 Å². The van der Waals surface area contributed by atoms with E-state index in [1.54, 1.807) is 0 Å². The Hall–Kier alpha value is -3.65. The standard InChI is InChI=1S/C33H38ClN7O3/c1-21-30(44-21)32(42)41-17-16-40(18-23(41)11-13-35)31-25-12-15-39(28-10-4-7-22-6-3-9-26(34)29(22)28)19-27(25)36-33(37-31)43-20-24-8-5-14-38(24)2/h3-4,6-7,9-10,21,23-24,30H,5,8,11-12,14-20H2,1-2H3/t21-,23-,24-,30+/m0/s1. The Bertz CT molecular complexity index is 1610. The lowest BCUT2D eigenvalue weighted by molar-refractivity contribution is -0.135. The summed E-state index contributed by atoms with van der Waals surface area (Å²) in [7, 11) is 2.14. The molecule has 4 aliphatic heterocycles. The van der Waals surface area contributed by atoms with Crippen molar-refractivity contribution >= 4 is 39.8 Å². The van der Waals surface area contributed by atoms with Crippen molar-refractivity contribution in [2.24, 2.45) is 0 Å². The molecule has 10 nitrogen and oxygen atoms in total. The molecule has 0 N–H and O–H groups in total. The molecule has 0 saturated carbocycles. The van der Waals surface area contributed by atoms with Gasteiger partial charge in [0.2, 0.25) is 0 Å². The molecule has 0 bridgehead atoms. The minimum atomic E-state index is -0.392. The van der Waals surface area contributed by atoms with Crippen LogP contribution < -0.4 is 14.5 Å². The van der Waals surface area contributed by atoms with E-state index in [2.05, 4.69) is 52.1 Å². The van der Waals surface area contributed by atoms with Crippen molar-refractivity contribution in [1.29, 1.82) is 5.26 Å². The largest absolute Gasteiger partial charge is 0.462 e. The number of piperazine rings is 1. The predicted molar refractivity (Wildman–Crippen MR) is 169 cm³/mol. The number of epoxide rings is 1. The third kappa shape index (κ3) is 5.53. The van der Waals surface area contributed by atoms with E-state index in [1.807, 2.05) is 24.0 Å². The number of hydrogen-bond acceptors (Lipinski definition) is 9. The first-order valence-electron chi connectivity index (χ1n) is 15.6. The Morgan fingerprint density at radius 1 is 1.11 bits per heavy atom. The number of ether oxygens (including phenoxy) is 2. The molecule has 3 aromatic rings. The van der Waals surface area contributed by atoms with Crippen LogP contribution in [-0.4, -0.2) is 96.3 Å². The van der Waals surface area contributed by atoms with Gasteiger partial charge < -0.3 is 29.1 Å². The lowest BCUT2D eigenvalue weighted by atomic mass is 10.0. The van der Waals surface area contributed by atoms with Crippen LogP contribution >= 0.6 is 11.6 Å². The number of carbonyl (C=O) groups excluding carboxylic acids is 1. The second kappa shape index (κ2) is 12.0. The molecule has 2 aromatic carbocycles. The number of rotatable bonds is 7. The van der Waals surface area contributed by atoms with Crippen LogP contribution in [0.2, 0.25) is 5.02 Å². The first kappa shape index (κ1) is 29.1. The van der Waals surface area contributed by atoms with Crippen molar-refractivity contribution in [2.45, 2.75) is 63.4 Å². The van der Waals surface area contributed by atoms with E-state index in [0.29, 0.717) is 44.8 Å². The van der Waals surface area contributed by atoms with Gasteiger partial charge in [0.15, 0.2) is 6.10 Å². The van der Waals surface area contributed by atoms with Gasteiger partial charge >= 0.3 is 6.01 Å². The molecule has 4 aliphatic rings. The molecule has 11 heteroatoms. The molecular formula is C33H38ClN7O3. The lowest BCUT2D eigenvalue weighted by Crippen LogP contribution is -2.56. The monoisotopic (exact) mass is 615 g/mol. The molecule has 0 spiro atoms. The van der Waals surface area contributed by atoms with E-state index < -0.39 is 6.10 Å². The third-order valence-corrected chi connectivity index (χ3v) is 9.93. The number of aromatic nitrogens is 2. The van der Waals surface area contributed by atoms with Crippen LogP contribution in [-0.2, 0) is 22.5 Å². The van der Waals surface area contributed by atoms with Gasteiger partial charge in [-0.15, -0.1) is 0 Å². The molecule has 7 rings (SSSR count). The summed E-state index contributed by atoms with van der Waals surface area (Å²) < 4.78 is 11.8. The topological polar surface area (TPSA) is 101 Å². The summed E-state index contributed by atoms with van der Waals surface area (Å²) in [5.74, 6) is 0.836. The van der Waals surface area contributed by atoms with E-state index >= 15 is 0 Å². The summed E-state index contributed by atoms with van der Waals surface area (Å²) in [6.07, 6.45) is 2.82. The Morgan fingerprint density at radius 3 is 2.68 bits per heavy atom. The molecule has 4 atom stereocenters. The van der Waals surface area contributed by atoms with E-state index in [-0.39, 0.29) is 24.5 Å². The lowest BCUT2D eigenvalue weighted by Gasteiger charge is -2.42. The highest BCUT2D eigenvalue weighted by molar-refractivity contribution is 6.36. The van der Waals surface area contributed by atoms with Crippen molar-refractivity contribution in [3.05, 3.63) is 52.7 Å². The van der Waals surface area contributed by atoms with Crippen LogP contribution in [0.1, 0.15) is 37.4 Å². The molecule has 44 heavy (non-hydrogen) atoms. The Balaban J connectivity index is 1.20. The van der Waals surface area contributed by atoms with Crippen molar-refractivity contribution in [3.63, 3.8) is 0 Å². The van der Waals surface area contributed by atoms with Gasteiger partial charge in [0.05, 0.1) is 41.9 Å². The fourth-order valence-corrected chi connectivity index (χ4v) is 7.33. The third-order valence-electron chi connectivity index (χ3n) is 9.62. The molecule has 0 unspecified atom stereocenters. The normalized spacial score (nSPS) is 25.2. The zero-order chi connectivity index (χ0) is 30.4. The average molecular weight is 616 g/mol. The first-order valence-corrected chi connectivity index (χ1v) is 16.0. The first-order chi connectivity index (χ1) is 21.4. The molecule has 230 valence electrons. The molecule has 3 saturated heterocycles. The maximum Gasteiger partial charge on any atom is 0.318 e. The summed E-state index contributed by atoms with van der Waals surface area (Å²) in [6, 6.07) is 15.1. The Labute approximate surface area is 263 Å². The minimum Gasteiger partial charge on any atom is -0.462 e. The van der Waals surface area contributed by atoms with Crippen LogP contribution in [0.25, 0.3) is 10.8 Å². The summed E-state index contributed by atoms with van der Waals surface area (Å²) >= 11 is 6.71. The van der Waals surface area contributed by atoms with Gasteiger partial charge in [-0.2, -0.15) is 15.2 Å². The van der Waals surface area contributed by atoms with Gasteiger partial charge in [-0.3, -0.25) is 4.79 Å². The number of halogens is 1. The maximum atomic E-state index is 13.1. The smallest absolute Gasteiger partial charge is 0.318 e. The van der Waals surface area contributed by atoms with E-state index in [1.165, 1.54) is 0 Å². The number of likely N-dealkylation sites (tertiary alicyclic amines) is 1. The number of nitrogens with zero attached hydrogens (tertiary/aromatic N) is 7.